The van der Waals surface area contributed by atoms with Crippen molar-refractivity contribution in [2.24, 2.45) is 0 Å². The van der Waals surface area contributed by atoms with Crippen molar-refractivity contribution in [3.63, 3.8) is 0 Å². The van der Waals surface area contributed by atoms with Gasteiger partial charge in [0.1, 0.15) is 0 Å². The lowest BCUT2D eigenvalue weighted by Crippen LogP contribution is -2.31. The second-order valence-electron chi connectivity index (χ2n) is 10.2. The van der Waals surface area contributed by atoms with Gasteiger partial charge in [-0.3, -0.25) is 9.59 Å². The summed E-state index contributed by atoms with van der Waals surface area (Å²) in [6.45, 7) is 15.5. The van der Waals surface area contributed by atoms with Crippen LogP contribution in [0.15, 0.2) is 91.2 Å². The Morgan fingerprint density at radius 3 is 2.24 bits per heavy atom. The molecule has 1 aliphatic rings. The number of carbonyl (C=O) groups is 3. The zero-order chi connectivity index (χ0) is 30.4. The maximum absolute atomic E-state index is 12.0. The van der Waals surface area contributed by atoms with Crippen LogP contribution in [-0.2, 0) is 26.3 Å². The Morgan fingerprint density at radius 2 is 1.59 bits per heavy atom. The van der Waals surface area contributed by atoms with Crippen LogP contribution in [0.4, 0.5) is 0 Å². The first-order valence-corrected chi connectivity index (χ1v) is 14.3. The number of ether oxygens (including phenoxy) is 1. The van der Waals surface area contributed by atoms with Crippen LogP contribution in [0.5, 0.6) is 0 Å². The Bertz CT molecular complexity index is 1360. The SMILES string of the molecule is C=C(NC/C=C/C(=O)OC(C)C)C(=O)NCc1ccccc1C(C)=O.CC.CC1(c2cccc3ccccc23)CC1. The first kappa shape index (κ1) is 33.0. The van der Waals surface area contributed by atoms with Crippen LogP contribution in [-0.4, -0.2) is 30.3 Å². The molecule has 4 rings (SSSR count). The number of carbonyl (C=O) groups excluding carboxylic acids is 3. The van der Waals surface area contributed by atoms with E-state index in [0.717, 1.165) is 5.56 Å². The molecule has 0 bridgehead atoms. The van der Waals surface area contributed by atoms with E-state index in [1.54, 1.807) is 38.1 Å². The highest BCUT2D eigenvalue weighted by molar-refractivity contribution is 5.96. The number of Topliss-reactive ketones (excluding diaryl/α,β-unsaturated/α-hetero) is 1. The zero-order valence-corrected chi connectivity index (χ0v) is 25.3. The standard InChI is InChI=1S/C19H24N2O4.C14H14.C2H6/c1-13(2)25-18(23)10-7-11-20-14(3)19(24)21-12-16-8-5-6-9-17(16)15(4)22;1-14(9-10-14)13-8-4-6-11-5-2-3-7-12(11)13;1-2/h5-10,13,20H,3,11-12H2,1-2,4H3,(H,21,24);2-8H,9-10H2,1H3;1-2H3/b10-7+;;. The van der Waals surface area contributed by atoms with E-state index < -0.39 is 5.97 Å². The van der Waals surface area contributed by atoms with Gasteiger partial charge in [0.05, 0.1) is 11.8 Å². The summed E-state index contributed by atoms with van der Waals surface area (Å²) >= 11 is 0. The fourth-order valence-electron chi connectivity index (χ4n) is 4.20. The van der Waals surface area contributed by atoms with Crippen molar-refractivity contribution in [2.45, 2.75) is 72.4 Å². The minimum Gasteiger partial charge on any atom is -0.460 e. The molecule has 3 aromatic carbocycles. The number of ketones is 1. The van der Waals surface area contributed by atoms with Crippen molar-refractivity contribution in [1.82, 2.24) is 10.6 Å². The molecule has 1 amide bonds. The molecule has 0 spiro atoms. The Hall–Kier alpha value is -4.19. The molecule has 0 aromatic heterocycles. The number of hydrogen-bond acceptors (Lipinski definition) is 5. The summed E-state index contributed by atoms with van der Waals surface area (Å²) in [5.41, 5.74) is 3.50. The molecular weight excluding hydrogens is 512 g/mol. The number of fused-ring (bicyclic) bond motifs is 1. The highest BCUT2D eigenvalue weighted by atomic mass is 16.5. The molecule has 0 unspecified atom stereocenters. The second kappa shape index (κ2) is 16.2. The van der Waals surface area contributed by atoms with Crippen LogP contribution in [0.1, 0.15) is 75.9 Å². The zero-order valence-electron chi connectivity index (χ0n) is 25.3. The highest BCUT2D eigenvalue weighted by Crippen LogP contribution is 2.49. The molecule has 6 heteroatoms. The molecule has 1 saturated carbocycles. The molecule has 0 radical (unpaired) electrons. The minimum absolute atomic E-state index is 0.0554. The first-order valence-electron chi connectivity index (χ1n) is 14.3. The molecule has 0 aliphatic heterocycles. The molecule has 3 aromatic rings. The van der Waals surface area contributed by atoms with Gasteiger partial charge in [-0.1, -0.05) is 100 Å². The Morgan fingerprint density at radius 1 is 0.951 bits per heavy atom. The van der Waals surface area contributed by atoms with Crippen molar-refractivity contribution in [1.29, 1.82) is 0 Å². The lowest BCUT2D eigenvalue weighted by molar-refractivity contribution is -0.141. The Kier molecular flexibility index (Phi) is 13.0. The number of nitrogens with one attached hydrogen (secondary N) is 2. The van der Waals surface area contributed by atoms with Gasteiger partial charge >= 0.3 is 5.97 Å². The van der Waals surface area contributed by atoms with E-state index in [9.17, 15) is 14.4 Å². The van der Waals surface area contributed by atoms with E-state index >= 15 is 0 Å². The minimum atomic E-state index is -0.437. The molecule has 0 atom stereocenters. The number of benzene rings is 3. The molecule has 1 aliphatic carbocycles. The third kappa shape index (κ3) is 10.4. The van der Waals surface area contributed by atoms with Crippen LogP contribution in [0.25, 0.3) is 10.8 Å². The summed E-state index contributed by atoms with van der Waals surface area (Å²) in [6, 6.07) is 22.5. The molecule has 0 saturated heterocycles. The van der Waals surface area contributed by atoms with E-state index in [1.165, 1.54) is 42.2 Å². The van der Waals surface area contributed by atoms with Gasteiger partial charge in [0.25, 0.3) is 5.91 Å². The largest absolute Gasteiger partial charge is 0.460 e. The summed E-state index contributed by atoms with van der Waals surface area (Å²) in [7, 11) is 0. The van der Waals surface area contributed by atoms with E-state index in [4.69, 9.17) is 4.74 Å². The molecule has 2 N–H and O–H groups in total. The average Bonchev–Trinajstić information content (AvgIpc) is 3.72. The van der Waals surface area contributed by atoms with E-state index in [2.05, 4.69) is 66.6 Å². The van der Waals surface area contributed by atoms with Gasteiger partial charge in [-0.15, -0.1) is 0 Å². The van der Waals surface area contributed by atoms with E-state index in [1.807, 2.05) is 19.9 Å². The topological polar surface area (TPSA) is 84.5 Å². The lowest BCUT2D eigenvalue weighted by Gasteiger charge is -2.12. The molecule has 218 valence electrons. The van der Waals surface area contributed by atoms with Crippen molar-refractivity contribution in [3.05, 3.63) is 108 Å². The van der Waals surface area contributed by atoms with Crippen LogP contribution >= 0.6 is 0 Å². The highest BCUT2D eigenvalue weighted by Gasteiger charge is 2.39. The van der Waals surface area contributed by atoms with Gasteiger partial charge in [0.15, 0.2) is 5.78 Å². The lowest BCUT2D eigenvalue weighted by atomic mass is 9.93. The summed E-state index contributed by atoms with van der Waals surface area (Å²) in [4.78, 5) is 34.9. The van der Waals surface area contributed by atoms with Crippen LogP contribution in [0.3, 0.4) is 0 Å². The Labute approximate surface area is 244 Å². The monoisotopic (exact) mass is 556 g/mol. The fourth-order valence-corrected chi connectivity index (χ4v) is 4.20. The molecule has 41 heavy (non-hydrogen) atoms. The van der Waals surface area contributed by atoms with Gasteiger partial charge in [0.2, 0.25) is 0 Å². The quantitative estimate of drug-likeness (QED) is 0.159. The molecule has 6 nitrogen and oxygen atoms in total. The van der Waals surface area contributed by atoms with Gasteiger partial charge in [-0.05, 0) is 60.9 Å². The van der Waals surface area contributed by atoms with Crippen LogP contribution < -0.4 is 10.6 Å². The second-order valence-corrected chi connectivity index (χ2v) is 10.2. The van der Waals surface area contributed by atoms with Crippen LogP contribution in [0, 0.1) is 0 Å². The Balaban J connectivity index is 0.000000305. The third-order valence-corrected chi connectivity index (χ3v) is 6.59. The summed E-state index contributed by atoms with van der Waals surface area (Å²) in [5, 5.41) is 8.31. The predicted molar refractivity (Wildman–Crippen MR) is 168 cm³/mol. The van der Waals surface area contributed by atoms with Crippen molar-refractivity contribution in [3.8, 4) is 0 Å². The maximum Gasteiger partial charge on any atom is 0.330 e. The van der Waals surface area contributed by atoms with Gasteiger partial charge in [-0.2, -0.15) is 0 Å². The summed E-state index contributed by atoms with van der Waals surface area (Å²) in [5.74, 6) is -0.871. The molecule has 0 heterocycles. The molecular formula is C35H44N2O4. The average molecular weight is 557 g/mol. The van der Waals surface area contributed by atoms with Gasteiger partial charge in [-0.25, -0.2) is 4.79 Å². The summed E-state index contributed by atoms with van der Waals surface area (Å²) < 4.78 is 4.94. The third-order valence-electron chi connectivity index (χ3n) is 6.59. The fraction of sp³-hybridized carbons (Fsp3) is 0.343. The van der Waals surface area contributed by atoms with E-state index in [0.29, 0.717) is 11.0 Å². The van der Waals surface area contributed by atoms with E-state index in [-0.39, 0.29) is 36.6 Å². The number of esters is 1. The number of hydrogen-bond donors (Lipinski definition) is 2. The van der Waals surface area contributed by atoms with Gasteiger partial charge < -0.3 is 15.4 Å². The smallest absolute Gasteiger partial charge is 0.330 e. The summed E-state index contributed by atoms with van der Waals surface area (Å²) in [6.07, 6.45) is 5.36. The van der Waals surface area contributed by atoms with Crippen molar-refractivity contribution < 1.29 is 19.1 Å². The molecule has 1 fully saturated rings. The maximum atomic E-state index is 12.0. The van der Waals surface area contributed by atoms with Crippen molar-refractivity contribution >= 4 is 28.4 Å². The normalized spacial score (nSPS) is 12.9. The predicted octanol–water partition coefficient (Wildman–Crippen LogP) is 7.03. The number of amides is 1. The van der Waals surface area contributed by atoms with Crippen LogP contribution in [0.2, 0.25) is 0 Å². The van der Waals surface area contributed by atoms with Gasteiger partial charge in [0, 0.05) is 24.7 Å². The number of rotatable bonds is 10. The van der Waals surface area contributed by atoms with Crippen molar-refractivity contribution in [2.75, 3.05) is 6.54 Å². The first-order chi connectivity index (χ1) is 19.6.